The highest BCUT2D eigenvalue weighted by Crippen LogP contribution is 2.36. The van der Waals surface area contributed by atoms with E-state index in [4.69, 9.17) is 0 Å². The summed E-state index contributed by atoms with van der Waals surface area (Å²) in [7, 11) is 0. The van der Waals surface area contributed by atoms with Gasteiger partial charge in [0.1, 0.15) is 11.5 Å². The molecule has 2 N–H and O–H groups in total. The van der Waals surface area contributed by atoms with Crippen molar-refractivity contribution < 1.29 is 10.2 Å². The molecule has 0 radical (unpaired) electrons. The van der Waals surface area contributed by atoms with Crippen LogP contribution in [0.4, 0.5) is 0 Å². The zero-order valence-electron chi connectivity index (χ0n) is 22.4. The lowest BCUT2D eigenvalue weighted by Crippen LogP contribution is -1.99. The zero-order chi connectivity index (χ0) is 24.8. The van der Waals surface area contributed by atoms with E-state index in [2.05, 4.69) is 72.8 Å². The highest BCUT2D eigenvalue weighted by Gasteiger charge is 2.16. The van der Waals surface area contributed by atoms with Crippen LogP contribution in [0.5, 0.6) is 11.5 Å². The van der Waals surface area contributed by atoms with Crippen molar-refractivity contribution in [3.8, 4) is 11.5 Å². The Morgan fingerprint density at radius 2 is 1.24 bits per heavy atom. The second-order valence-electron chi connectivity index (χ2n) is 9.97. The number of allylic oxidation sites excluding steroid dienone is 8. The van der Waals surface area contributed by atoms with Crippen molar-refractivity contribution in [1.29, 1.82) is 0 Å². The van der Waals surface area contributed by atoms with Crippen molar-refractivity contribution >= 4 is 0 Å². The fraction of sp³-hybridized carbons (Fsp3) is 0.548. The minimum Gasteiger partial charge on any atom is -0.508 e. The third-order valence-electron chi connectivity index (χ3n) is 6.12. The summed E-state index contributed by atoms with van der Waals surface area (Å²) in [5.74, 6) is 0.503. The SMILES string of the molecule is CCCCCc1cc(O)c(C/C=C(\C)CCC=C(C)C)c(O)c1C/C=C(\C)CCC=C(C)C. The maximum absolute atomic E-state index is 11.2. The summed E-state index contributed by atoms with van der Waals surface area (Å²) >= 11 is 0. The molecule has 1 aromatic rings. The molecule has 0 atom stereocenters. The van der Waals surface area contributed by atoms with Gasteiger partial charge in [0.2, 0.25) is 0 Å². The Balaban J connectivity index is 3.12. The Morgan fingerprint density at radius 3 is 1.73 bits per heavy atom. The summed E-state index contributed by atoms with van der Waals surface area (Å²) in [4.78, 5) is 0. The number of unbranched alkanes of at least 4 members (excludes halogenated alkanes) is 2. The fourth-order valence-corrected chi connectivity index (χ4v) is 3.95. The van der Waals surface area contributed by atoms with Crippen molar-refractivity contribution in [3.63, 3.8) is 0 Å². The van der Waals surface area contributed by atoms with Crippen molar-refractivity contribution in [2.24, 2.45) is 0 Å². The Hall–Kier alpha value is -2.22. The molecule has 1 aromatic carbocycles. The van der Waals surface area contributed by atoms with Gasteiger partial charge in [-0.1, -0.05) is 66.4 Å². The number of rotatable bonds is 14. The molecule has 0 amide bonds. The largest absolute Gasteiger partial charge is 0.508 e. The molecule has 0 aliphatic carbocycles. The van der Waals surface area contributed by atoms with Crippen molar-refractivity contribution in [2.45, 2.75) is 113 Å². The molecule has 0 saturated carbocycles. The second kappa shape index (κ2) is 15.6. The molecule has 2 heteroatoms. The highest BCUT2D eigenvalue weighted by molar-refractivity contribution is 5.54. The van der Waals surface area contributed by atoms with Crippen LogP contribution in [0.25, 0.3) is 0 Å². The van der Waals surface area contributed by atoms with Crippen LogP contribution in [-0.2, 0) is 19.3 Å². The van der Waals surface area contributed by atoms with Gasteiger partial charge in [0.25, 0.3) is 0 Å². The van der Waals surface area contributed by atoms with E-state index in [-0.39, 0.29) is 11.5 Å². The summed E-state index contributed by atoms with van der Waals surface area (Å²) < 4.78 is 0. The molecule has 33 heavy (non-hydrogen) atoms. The van der Waals surface area contributed by atoms with Crippen LogP contribution >= 0.6 is 0 Å². The van der Waals surface area contributed by atoms with Crippen LogP contribution in [0, 0.1) is 0 Å². The number of hydrogen-bond acceptors (Lipinski definition) is 2. The Morgan fingerprint density at radius 1 is 0.727 bits per heavy atom. The van der Waals surface area contributed by atoms with E-state index in [1.165, 1.54) is 22.3 Å². The first kappa shape index (κ1) is 28.8. The summed E-state index contributed by atoms with van der Waals surface area (Å²) in [6, 6.07) is 1.90. The first-order valence-corrected chi connectivity index (χ1v) is 12.8. The van der Waals surface area contributed by atoms with E-state index in [9.17, 15) is 10.2 Å². The quantitative estimate of drug-likeness (QED) is 0.218. The topological polar surface area (TPSA) is 40.5 Å². The average Bonchev–Trinajstić information content (AvgIpc) is 2.72. The second-order valence-corrected chi connectivity index (χ2v) is 9.97. The van der Waals surface area contributed by atoms with Gasteiger partial charge in [0, 0.05) is 11.1 Å². The molecule has 0 heterocycles. The fourth-order valence-electron chi connectivity index (χ4n) is 3.95. The molecule has 2 nitrogen and oxygen atoms in total. The van der Waals surface area contributed by atoms with Crippen molar-refractivity contribution in [1.82, 2.24) is 0 Å². The zero-order valence-corrected chi connectivity index (χ0v) is 22.4. The molecule has 1 rings (SSSR count). The molecular weight excluding hydrogens is 404 g/mol. The maximum Gasteiger partial charge on any atom is 0.126 e. The number of aromatic hydroxyl groups is 2. The van der Waals surface area contributed by atoms with Gasteiger partial charge in [0.05, 0.1) is 0 Å². The normalized spacial score (nSPS) is 12.1. The Bertz CT molecular complexity index is 857. The first-order chi connectivity index (χ1) is 15.6. The van der Waals surface area contributed by atoms with Gasteiger partial charge in [0.15, 0.2) is 0 Å². The average molecular weight is 453 g/mol. The summed E-state index contributed by atoms with van der Waals surface area (Å²) in [5.41, 5.74) is 8.04. The lowest BCUT2D eigenvalue weighted by atomic mass is 9.92. The van der Waals surface area contributed by atoms with Gasteiger partial charge < -0.3 is 10.2 Å². The molecular formula is C31H48O2. The van der Waals surface area contributed by atoms with E-state index < -0.39 is 0 Å². The summed E-state index contributed by atoms with van der Waals surface area (Å²) in [6.07, 6.45) is 18.6. The smallest absolute Gasteiger partial charge is 0.126 e. The third kappa shape index (κ3) is 11.5. The van der Waals surface area contributed by atoms with Gasteiger partial charge >= 0.3 is 0 Å². The monoisotopic (exact) mass is 452 g/mol. The van der Waals surface area contributed by atoms with E-state index in [1.54, 1.807) is 0 Å². The molecule has 0 aliphatic rings. The number of aryl methyl sites for hydroxylation is 1. The molecule has 184 valence electrons. The van der Waals surface area contributed by atoms with Crippen LogP contribution in [0.15, 0.2) is 52.7 Å². The maximum atomic E-state index is 11.2. The molecule has 0 aliphatic heterocycles. The van der Waals surface area contributed by atoms with Crippen LogP contribution in [0.1, 0.15) is 110 Å². The lowest BCUT2D eigenvalue weighted by Gasteiger charge is -2.16. The number of benzene rings is 1. The van der Waals surface area contributed by atoms with Gasteiger partial charge in [-0.2, -0.15) is 0 Å². The van der Waals surface area contributed by atoms with Gasteiger partial charge in [-0.05, 0) is 105 Å². The van der Waals surface area contributed by atoms with E-state index in [1.807, 2.05) is 6.07 Å². The van der Waals surface area contributed by atoms with Crippen molar-refractivity contribution in [2.75, 3.05) is 0 Å². The van der Waals surface area contributed by atoms with Crippen molar-refractivity contribution in [3.05, 3.63) is 69.4 Å². The van der Waals surface area contributed by atoms with Gasteiger partial charge in [-0.3, -0.25) is 0 Å². The Kier molecular flexibility index (Phi) is 13.6. The Labute approximate surface area is 203 Å². The minimum absolute atomic E-state index is 0.223. The van der Waals surface area contributed by atoms with Crippen LogP contribution in [0.2, 0.25) is 0 Å². The number of phenols is 2. The molecule has 0 unspecified atom stereocenters. The van der Waals surface area contributed by atoms with E-state index in [0.29, 0.717) is 18.4 Å². The minimum atomic E-state index is 0.223. The third-order valence-corrected chi connectivity index (χ3v) is 6.12. The highest BCUT2D eigenvalue weighted by atomic mass is 16.3. The molecule has 0 fully saturated rings. The van der Waals surface area contributed by atoms with Gasteiger partial charge in [-0.25, -0.2) is 0 Å². The van der Waals surface area contributed by atoms with Crippen LogP contribution in [0.3, 0.4) is 0 Å². The predicted molar refractivity (Wildman–Crippen MR) is 145 cm³/mol. The lowest BCUT2D eigenvalue weighted by molar-refractivity contribution is 0.435. The summed E-state index contributed by atoms with van der Waals surface area (Å²) in [6.45, 7) is 15.0. The van der Waals surface area contributed by atoms with E-state index in [0.717, 1.165) is 62.5 Å². The van der Waals surface area contributed by atoms with Crippen LogP contribution in [-0.4, -0.2) is 10.2 Å². The van der Waals surface area contributed by atoms with E-state index >= 15 is 0 Å². The molecule has 0 aromatic heterocycles. The summed E-state index contributed by atoms with van der Waals surface area (Å²) in [5, 5.41) is 21.9. The molecule has 0 spiro atoms. The van der Waals surface area contributed by atoms with Gasteiger partial charge in [-0.15, -0.1) is 0 Å². The number of hydrogen-bond donors (Lipinski definition) is 2. The standard InChI is InChI=1S/C31H48O2/c1-8-9-10-17-27-22-30(32)29(21-19-26(7)16-12-14-24(4)5)31(33)28(27)20-18-25(6)15-11-13-23(2)3/h13-14,18-19,22,32-33H,8-12,15-17,20-21H2,1-7H3/b25-18+,26-19+. The van der Waals surface area contributed by atoms with Crippen LogP contribution < -0.4 is 0 Å². The molecule has 0 bridgehead atoms. The number of phenolic OH excluding ortho intramolecular Hbond substituents is 2. The predicted octanol–water partition coefficient (Wildman–Crippen LogP) is 9.30. The first-order valence-electron chi connectivity index (χ1n) is 12.8. The molecule has 0 saturated heterocycles.